The second-order valence-electron chi connectivity index (χ2n) is 8.00. The fraction of sp³-hybridized carbons (Fsp3) is 0.381. The number of aryl methyl sites for hydroxylation is 1. The highest BCUT2D eigenvalue weighted by Crippen LogP contribution is 2.41. The zero-order chi connectivity index (χ0) is 19.0. The molecule has 0 radical (unpaired) electrons. The van der Waals surface area contributed by atoms with Gasteiger partial charge in [0.05, 0.1) is 23.6 Å². The predicted octanol–water partition coefficient (Wildman–Crippen LogP) is 3.60. The van der Waals surface area contributed by atoms with Crippen LogP contribution in [-0.2, 0) is 12.8 Å². The average molecular weight is 363 g/mol. The predicted molar refractivity (Wildman–Crippen MR) is 104 cm³/mol. The maximum Gasteiger partial charge on any atom is 0.272 e. The number of fused-ring (bicyclic) bond motifs is 1. The Labute approximate surface area is 159 Å². The second kappa shape index (κ2) is 6.68. The molecule has 3 aromatic rings. The van der Waals surface area contributed by atoms with Crippen molar-refractivity contribution in [3.05, 3.63) is 65.2 Å². The number of carbonyl (C=O) groups is 1. The maximum absolute atomic E-state index is 12.7. The van der Waals surface area contributed by atoms with Crippen LogP contribution in [0, 0.1) is 5.41 Å². The van der Waals surface area contributed by atoms with Crippen LogP contribution in [0.2, 0.25) is 0 Å². The van der Waals surface area contributed by atoms with Gasteiger partial charge in [-0.2, -0.15) is 10.2 Å². The van der Waals surface area contributed by atoms with Crippen molar-refractivity contribution in [3.8, 4) is 5.69 Å². The highest BCUT2D eigenvalue weighted by atomic mass is 16.2. The lowest BCUT2D eigenvalue weighted by Crippen LogP contribution is -2.37. The van der Waals surface area contributed by atoms with E-state index in [2.05, 4.69) is 46.6 Å². The summed E-state index contributed by atoms with van der Waals surface area (Å²) in [5, 5.41) is 14.8. The molecule has 1 amide bonds. The van der Waals surface area contributed by atoms with Gasteiger partial charge in [-0.1, -0.05) is 39.0 Å². The third kappa shape index (κ3) is 3.39. The SMILES string of the molecule is CCc1cc(C(=O)N[C@H]2CC(C)(C)Cc3c2cnn3-c2ccccc2)n[nH]1. The summed E-state index contributed by atoms with van der Waals surface area (Å²) in [4.78, 5) is 12.7. The molecule has 6 heteroatoms. The smallest absolute Gasteiger partial charge is 0.272 e. The number of benzene rings is 1. The van der Waals surface area contributed by atoms with Crippen LogP contribution in [0.4, 0.5) is 0 Å². The Bertz CT molecular complexity index is 954. The minimum atomic E-state index is -0.146. The van der Waals surface area contributed by atoms with E-state index in [1.54, 1.807) is 0 Å². The highest BCUT2D eigenvalue weighted by molar-refractivity contribution is 5.92. The van der Waals surface area contributed by atoms with Gasteiger partial charge in [0.2, 0.25) is 0 Å². The van der Waals surface area contributed by atoms with Gasteiger partial charge >= 0.3 is 0 Å². The first kappa shape index (κ1) is 17.5. The van der Waals surface area contributed by atoms with Crippen molar-refractivity contribution >= 4 is 5.91 Å². The first-order valence-corrected chi connectivity index (χ1v) is 9.44. The lowest BCUT2D eigenvalue weighted by molar-refractivity contribution is 0.0914. The molecule has 1 atom stereocenters. The molecule has 1 aliphatic carbocycles. The van der Waals surface area contributed by atoms with Gasteiger partial charge in [-0.3, -0.25) is 9.89 Å². The van der Waals surface area contributed by atoms with Crippen LogP contribution in [0.3, 0.4) is 0 Å². The van der Waals surface area contributed by atoms with Crippen LogP contribution >= 0.6 is 0 Å². The van der Waals surface area contributed by atoms with E-state index in [0.717, 1.165) is 36.2 Å². The van der Waals surface area contributed by atoms with Crippen molar-refractivity contribution in [1.82, 2.24) is 25.3 Å². The van der Waals surface area contributed by atoms with Gasteiger partial charge in [0.1, 0.15) is 5.69 Å². The summed E-state index contributed by atoms with van der Waals surface area (Å²) < 4.78 is 2.00. The number of carbonyl (C=O) groups excluding carboxylic acids is 1. The summed E-state index contributed by atoms with van der Waals surface area (Å²) in [7, 11) is 0. The molecule has 2 aromatic heterocycles. The summed E-state index contributed by atoms with van der Waals surface area (Å²) in [6, 6.07) is 11.9. The van der Waals surface area contributed by atoms with E-state index in [1.807, 2.05) is 42.1 Å². The molecule has 6 nitrogen and oxygen atoms in total. The van der Waals surface area contributed by atoms with Gasteiger partial charge in [-0.25, -0.2) is 4.68 Å². The molecule has 0 unspecified atom stereocenters. The molecule has 0 bridgehead atoms. The number of H-pyrrole nitrogens is 1. The zero-order valence-electron chi connectivity index (χ0n) is 16.0. The Kier molecular flexibility index (Phi) is 4.34. The summed E-state index contributed by atoms with van der Waals surface area (Å²) in [5.74, 6) is -0.146. The molecule has 0 aliphatic heterocycles. The molecule has 0 spiro atoms. The van der Waals surface area contributed by atoms with E-state index < -0.39 is 0 Å². The first-order chi connectivity index (χ1) is 13.0. The summed E-state index contributed by atoms with van der Waals surface area (Å²) in [5.41, 5.74) is 4.77. The molecule has 140 valence electrons. The topological polar surface area (TPSA) is 75.6 Å². The molecule has 0 saturated carbocycles. The number of amides is 1. The number of aromatic amines is 1. The zero-order valence-corrected chi connectivity index (χ0v) is 16.0. The Morgan fingerprint density at radius 2 is 2.11 bits per heavy atom. The normalized spacial score (nSPS) is 18.1. The largest absolute Gasteiger partial charge is 0.344 e. The minimum absolute atomic E-state index is 0.0671. The fourth-order valence-corrected chi connectivity index (χ4v) is 3.85. The molecule has 27 heavy (non-hydrogen) atoms. The third-order valence-corrected chi connectivity index (χ3v) is 5.23. The van der Waals surface area contributed by atoms with E-state index in [-0.39, 0.29) is 17.4 Å². The molecule has 1 aromatic carbocycles. The lowest BCUT2D eigenvalue weighted by Gasteiger charge is -2.35. The molecule has 0 saturated heterocycles. The van der Waals surface area contributed by atoms with Gasteiger partial charge in [0, 0.05) is 11.3 Å². The summed E-state index contributed by atoms with van der Waals surface area (Å²) >= 11 is 0. The number of nitrogens with zero attached hydrogens (tertiary/aromatic N) is 3. The van der Waals surface area contributed by atoms with Crippen molar-refractivity contribution < 1.29 is 4.79 Å². The molecule has 4 rings (SSSR count). The molecular formula is C21H25N5O. The molecule has 2 heterocycles. The van der Waals surface area contributed by atoms with E-state index in [0.29, 0.717) is 5.69 Å². The quantitative estimate of drug-likeness (QED) is 0.744. The first-order valence-electron chi connectivity index (χ1n) is 9.44. The number of hydrogen-bond donors (Lipinski definition) is 2. The minimum Gasteiger partial charge on any atom is -0.344 e. The molecule has 2 N–H and O–H groups in total. The Morgan fingerprint density at radius 3 is 2.81 bits per heavy atom. The Balaban J connectivity index is 1.65. The molecule has 0 fully saturated rings. The number of aromatic nitrogens is 4. The Hall–Kier alpha value is -2.89. The monoisotopic (exact) mass is 363 g/mol. The van der Waals surface area contributed by atoms with Crippen LogP contribution in [0.5, 0.6) is 0 Å². The van der Waals surface area contributed by atoms with Crippen LogP contribution in [0.1, 0.15) is 60.7 Å². The standard InChI is InChI=1S/C21H25N5O/c1-4-14-10-17(25-24-14)20(27)23-18-11-21(2,3)12-19-16(18)13-22-26(19)15-8-6-5-7-9-15/h5-10,13,18H,4,11-12H2,1-3H3,(H,23,27)(H,24,25)/t18-/m0/s1. The van der Waals surface area contributed by atoms with Gasteiger partial charge in [-0.05, 0) is 42.9 Å². The average Bonchev–Trinajstić information content (AvgIpc) is 3.28. The van der Waals surface area contributed by atoms with Crippen LogP contribution in [-0.4, -0.2) is 25.9 Å². The van der Waals surface area contributed by atoms with Crippen LogP contribution < -0.4 is 5.32 Å². The van der Waals surface area contributed by atoms with Crippen LogP contribution in [0.25, 0.3) is 5.69 Å². The third-order valence-electron chi connectivity index (χ3n) is 5.23. The van der Waals surface area contributed by atoms with E-state index in [9.17, 15) is 4.79 Å². The lowest BCUT2D eigenvalue weighted by atomic mass is 9.74. The van der Waals surface area contributed by atoms with Crippen molar-refractivity contribution in [3.63, 3.8) is 0 Å². The van der Waals surface area contributed by atoms with Gasteiger partial charge in [0.15, 0.2) is 0 Å². The number of para-hydroxylation sites is 1. The Morgan fingerprint density at radius 1 is 1.33 bits per heavy atom. The van der Waals surface area contributed by atoms with Crippen molar-refractivity contribution in [2.45, 2.75) is 46.1 Å². The van der Waals surface area contributed by atoms with E-state index in [4.69, 9.17) is 0 Å². The molecular weight excluding hydrogens is 338 g/mol. The van der Waals surface area contributed by atoms with Gasteiger partial charge < -0.3 is 5.32 Å². The van der Waals surface area contributed by atoms with Crippen molar-refractivity contribution in [2.24, 2.45) is 5.41 Å². The van der Waals surface area contributed by atoms with E-state index >= 15 is 0 Å². The number of nitrogens with one attached hydrogen (secondary N) is 2. The van der Waals surface area contributed by atoms with Gasteiger partial charge in [0.25, 0.3) is 5.91 Å². The van der Waals surface area contributed by atoms with Crippen molar-refractivity contribution in [1.29, 1.82) is 0 Å². The number of hydrogen-bond acceptors (Lipinski definition) is 3. The summed E-state index contributed by atoms with van der Waals surface area (Å²) in [6.07, 6.45) is 4.51. The van der Waals surface area contributed by atoms with E-state index in [1.165, 1.54) is 5.69 Å². The fourth-order valence-electron chi connectivity index (χ4n) is 3.85. The summed E-state index contributed by atoms with van der Waals surface area (Å²) in [6.45, 7) is 6.51. The van der Waals surface area contributed by atoms with Crippen molar-refractivity contribution in [2.75, 3.05) is 0 Å². The highest BCUT2D eigenvalue weighted by Gasteiger charge is 2.36. The molecule has 1 aliphatic rings. The number of rotatable bonds is 4. The second-order valence-corrected chi connectivity index (χ2v) is 8.00. The maximum atomic E-state index is 12.7. The van der Waals surface area contributed by atoms with Gasteiger partial charge in [-0.15, -0.1) is 0 Å². The van der Waals surface area contributed by atoms with Crippen LogP contribution in [0.15, 0.2) is 42.6 Å².